The van der Waals surface area contributed by atoms with Crippen molar-refractivity contribution in [3.05, 3.63) is 35.3 Å². The van der Waals surface area contributed by atoms with Gasteiger partial charge in [0.05, 0.1) is 6.54 Å². The number of fused-ring (bicyclic) bond motifs is 1. The third kappa shape index (κ3) is 2.30. The topological polar surface area (TPSA) is 46.8 Å². The zero-order valence-corrected chi connectivity index (χ0v) is 11.6. The highest BCUT2D eigenvalue weighted by Gasteiger charge is 2.21. The minimum absolute atomic E-state index is 0.570. The standard InChI is InChI=1S/C13H16ClN5/c1-2-3-10-12(14)16-9-17-13(10)19-7-6-18-5-4-15-11(18)8-19/h4-5,9H,2-3,6-8H2,1H3. The summed E-state index contributed by atoms with van der Waals surface area (Å²) in [4.78, 5) is 15.1. The maximum absolute atomic E-state index is 6.21. The van der Waals surface area contributed by atoms with Crippen molar-refractivity contribution in [3.8, 4) is 0 Å². The number of aromatic nitrogens is 4. The van der Waals surface area contributed by atoms with Crippen LogP contribution in [0, 0.1) is 0 Å². The molecule has 6 heteroatoms. The molecule has 0 aliphatic carbocycles. The van der Waals surface area contributed by atoms with Crippen LogP contribution in [0.4, 0.5) is 5.82 Å². The molecule has 0 saturated heterocycles. The average molecular weight is 278 g/mol. The van der Waals surface area contributed by atoms with Crippen LogP contribution in [0.15, 0.2) is 18.7 Å². The molecule has 2 aromatic rings. The lowest BCUT2D eigenvalue weighted by molar-refractivity contribution is 0.554. The lowest BCUT2D eigenvalue weighted by Gasteiger charge is -2.30. The smallest absolute Gasteiger partial charge is 0.137 e. The summed E-state index contributed by atoms with van der Waals surface area (Å²) >= 11 is 6.21. The molecule has 3 rings (SSSR count). The maximum atomic E-state index is 6.21. The number of rotatable bonds is 3. The first-order chi connectivity index (χ1) is 9.29. The molecule has 0 radical (unpaired) electrons. The van der Waals surface area contributed by atoms with Gasteiger partial charge in [-0.05, 0) is 6.42 Å². The van der Waals surface area contributed by atoms with Crippen molar-refractivity contribution in [3.63, 3.8) is 0 Å². The van der Waals surface area contributed by atoms with Crippen molar-refractivity contribution < 1.29 is 0 Å². The van der Waals surface area contributed by atoms with Gasteiger partial charge in [-0.1, -0.05) is 24.9 Å². The van der Waals surface area contributed by atoms with E-state index >= 15 is 0 Å². The van der Waals surface area contributed by atoms with Gasteiger partial charge in [0.15, 0.2) is 0 Å². The summed E-state index contributed by atoms with van der Waals surface area (Å²) in [5.41, 5.74) is 1.05. The Morgan fingerprint density at radius 2 is 2.16 bits per heavy atom. The molecule has 1 aliphatic rings. The van der Waals surface area contributed by atoms with Crippen molar-refractivity contribution in [1.29, 1.82) is 0 Å². The Labute approximate surface area is 117 Å². The van der Waals surface area contributed by atoms with Crippen LogP contribution in [0.5, 0.6) is 0 Å². The van der Waals surface area contributed by atoms with Gasteiger partial charge < -0.3 is 9.47 Å². The number of imidazole rings is 1. The van der Waals surface area contributed by atoms with Crippen LogP contribution in [0.3, 0.4) is 0 Å². The van der Waals surface area contributed by atoms with E-state index in [1.54, 1.807) is 0 Å². The second-order valence-electron chi connectivity index (χ2n) is 4.68. The van der Waals surface area contributed by atoms with Crippen LogP contribution in [-0.2, 0) is 19.5 Å². The first-order valence-corrected chi connectivity index (χ1v) is 6.91. The molecule has 0 atom stereocenters. The van der Waals surface area contributed by atoms with E-state index in [4.69, 9.17) is 11.6 Å². The van der Waals surface area contributed by atoms with E-state index in [1.807, 2.05) is 12.4 Å². The Morgan fingerprint density at radius 3 is 3.00 bits per heavy atom. The normalized spacial score (nSPS) is 14.5. The van der Waals surface area contributed by atoms with Gasteiger partial charge in [-0.3, -0.25) is 0 Å². The minimum atomic E-state index is 0.570. The number of halogens is 1. The van der Waals surface area contributed by atoms with Crippen LogP contribution in [0.25, 0.3) is 0 Å². The van der Waals surface area contributed by atoms with Gasteiger partial charge in [0.2, 0.25) is 0 Å². The van der Waals surface area contributed by atoms with Crippen LogP contribution < -0.4 is 4.90 Å². The highest BCUT2D eigenvalue weighted by molar-refractivity contribution is 6.30. The van der Waals surface area contributed by atoms with Gasteiger partial charge in [-0.25, -0.2) is 15.0 Å². The van der Waals surface area contributed by atoms with Crippen molar-refractivity contribution in [2.75, 3.05) is 11.4 Å². The summed E-state index contributed by atoms with van der Waals surface area (Å²) in [7, 11) is 0. The predicted octanol–water partition coefficient (Wildman–Crippen LogP) is 2.30. The van der Waals surface area contributed by atoms with E-state index in [2.05, 4.69) is 31.3 Å². The van der Waals surface area contributed by atoms with Crippen molar-refractivity contribution in [2.45, 2.75) is 32.9 Å². The van der Waals surface area contributed by atoms with E-state index in [-0.39, 0.29) is 0 Å². The highest BCUT2D eigenvalue weighted by Crippen LogP contribution is 2.27. The monoisotopic (exact) mass is 277 g/mol. The molecular formula is C13H16ClN5. The summed E-state index contributed by atoms with van der Waals surface area (Å²) in [6.45, 7) is 4.77. The fraction of sp³-hybridized carbons (Fsp3) is 0.462. The third-order valence-electron chi connectivity index (χ3n) is 3.41. The summed E-state index contributed by atoms with van der Waals surface area (Å²) in [5, 5.41) is 0.570. The van der Waals surface area contributed by atoms with E-state index < -0.39 is 0 Å². The molecule has 0 spiro atoms. The second-order valence-corrected chi connectivity index (χ2v) is 5.03. The molecule has 100 valence electrons. The third-order valence-corrected chi connectivity index (χ3v) is 3.74. The van der Waals surface area contributed by atoms with Gasteiger partial charge in [0, 0.05) is 31.0 Å². The van der Waals surface area contributed by atoms with E-state index in [0.717, 1.165) is 49.7 Å². The van der Waals surface area contributed by atoms with E-state index in [1.165, 1.54) is 6.33 Å². The number of anilines is 1. The molecule has 1 aliphatic heterocycles. The second kappa shape index (κ2) is 5.17. The molecule has 5 nitrogen and oxygen atoms in total. The van der Waals surface area contributed by atoms with Gasteiger partial charge in [-0.15, -0.1) is 0 Å². The van der Waals surface area contributed by atoms with Crippen molar-refractivity contribution in [1.82, 2.24) is 19.5 Å². The minimum Gasteiger partial charge on any atom is -0.347 e. The van der Waals surface area contributed by atoms with Crippen molar-refractivity contribution >= 4 is 17.4 Å². The molecule has 0 bridgehead atoms. The first kappa shape index (κ1) is 12.4. The largest absolute Gasteiger partial charge is 0.347 e. The molecule has 0 fully saturated rings. The van der Waals surface area contributed by atoms with Gasteiger partial charge in [0.1, 0.15) is 23.1 Å². The van der Waals surface area contributed by atoms with Crippen LogP contribution in [0.1, 0.15) is 24.7 Å². The lowest BCUT2D eigenvalue weighted by Crippen LogP contribution is -2.35. The number of hydrogen-bond donors (Lipinski definition) is 0. The quantitative estimate of drug-likeness (QED) is 0.808. The molecule has 0 aromatic carbocycles. The average Bonchev–Trinajstić information content (AvgIpc) is 2.88. The molecule has 0 N–H and O–H groups in total. The Bertz CT molecular complexity index is 580. The van der Waals surface area contributed by atoms with E-state index in [0.29, 0.717) is 5.15 Å². The zero-order chi connectivity index (χ0) is 13.2. The first-order valence-electron chi connectivity index (χ1n) is 6.54. The fourth-order valence-electron chi connectivity index (χ4n) is 2.47. The molecule has 0 amide bonds. The molecule has 19 heavy (non-hydrogen) atoms. The molecule has 2 aromatic heterocycles. The summed E-state index contributed by atoms with van der Waals surface area (Å²) < 4.78 is 2.18. The van der Waals surface area contributed by atoms with Crippen LogP contribution in [-0.4, -0.2) is 26.1 Å². The van der Waals surface area contributed by atoms with Crippen LogP contribution >= 0.6 is 11.6 Å². The lowest BCUT2D eigenvalue weighted by atomic mass is 10.1. The Balaban J connectivity index is 1.93. The summed E-state index contributed by atoms with van der Waals surface area (Å²) in [6.07, 6.45) is 7.34. The Morgan fingerprint density at radius 1 is 1.26 bits per heavy atom. The van der Waals surface area contributed by atoms with Gasteiger partial charge in [-0.2, -0.15) is 0 Å². The Kier molecular flexibility index (Phi) is 3.38. The zero-order valence-electron chi connectivity index (χ0n) is 10.9. The summed E-state index contributed by atoms with van der Waals surface area (Å²) in [6, 6.07) is 0. The SMILES string of the molecule is CCCc1c(Cl)ncnc1N1CCn2ccnc2C1. The number of hydrogen-bond acceptors (Lipinski definition) is 4. The van der Waals surface area contributed by atoms with Crippen molar-refractivity contribution in [2.24, 2.45) is 0 Å². The molecule has 0 unspecified atom stereocenters. The highest BCUT2D eigenvalue weighted by atomic mass is 35.5. The number of nitrogens with zero attached hydrogens (tertiary/aromatic N) is 5. The molecular weight excluding hydrogens is 262 g/mol. The Hall–Kier alpha value is -1.62. The fourth-order valence-corrected chi connectivity index (χ4v) is 2.70. The molecule has 3 heterocycles. The van der Waals surface area contributed by atoms with Gasteiger partial charge in [0.25, 0.3) is 0 Å². The van der Waals surface area contributed by atoms with Crippen LogP contribution in [0.2, 0.25) is 5.15 Å². The van der Waals surface area contributed by atoms with E-state index in [9.17, 15) is 0 Å². The summed E-state index contributed by atoms with van der Waals surface area (Å²) in [5.74, 6) is 2.03. The molecule has 0 saturated carbocycles. The maximum Gasteiger partial charge on any atom is 0.137 e. The van der Waals surface area contributed by atoms with Gasteiger partial charge >= 0.3 is 0 Å². The predicted molar refractivity (Wildman–Crippen MR) is 74.3 cm³/mol.